The highest BCUT2D eigenvalue weighted by molar-refractivity contribution is 7.99. The van der Waals surface area contributed by atoms with E-state index in [1.807, 2.05) is 24.3 Å². The largest absolute Gasteiger partial charge is 0.384 e. The van der Waals surface area contributed by atoms with Crippen molar-refractivity contribution in [3.05, 3.63) is 24.3 Å². The second-order valence-electron chi connectivity index (χ2n) is 5.54. The topological polar surface area (TPSA) is 47.6 Å². The zero-order chi connectivity index (χ0) is 15.6. The Morgan fingerprint density at radius 3 is 2.91 bits per heavy atom. The van der Waals surface area contributed by atoms with Crippen molar-refractivity contribution in [1.82, 2.24) is 0 Å². The molecule has 1 aliphatic rings. The van der Waals surface area contributed by atoms with E-state index in [-0.39, 0.29) is 5.91 Å². The average Bonchev–Trinajstić information content (AvgIpc) is 2.56. The highest BCUT2D eigenvalue weighted by Crippen LogP contribution is 2.21. The summed E-state index contributed by atoms with van der Waals surface area (Å²) < 4.78 is 10.5. The summed E-state index contributed by atoms with van der Waals surface area (Å²) in [5, 5.41) is 2.96. The molecule has 22 heavy (non-hydrogen) atoms. The molecule has 0 aromatic heterocycles. The van der Waals surface area contributed by atoms with Gasteiger partial charge in [-0.1, -0.05) is 0 Å². The zero-order valence-electron chi connectivity index (χ0n) is 13.2. The molecule has 1 amide bonds. The monoisotopic (exact) mass is 323 g/mol. The van der Waals surface area contributed by atoms with Gasteiger partial charge in [-0.2, -0.15) is 0 Å². The zero-order valence-corrected chi connectivity index (χ0v) is 14.0. The first-order valence-electron chi connectivity index (χ1n) is 7.87. The average molecular weight is 323 g/mol. The van der Waals surface area contributed by atoms with Crippen LogP contribution in [0.3, 0.4) is 0 Å². The fourth-order valence-electron chi connectivity index (χ4n) is 2.47. The summed E-state index contributed by atoms with van der Waals surface area (Å²) >= 11 is 1.75. The van der Waals surface area contributed by atoms with Crippen LogP contribution in [0.2, 0.25) is 0 Å². The first-order chi connectivity index (χ1) is 10.8. The maximum absolute atomic E-state index is 12.0. The minimum atomic E-state index is 0.0883. The second kappa shape index (κ2) is 9.87. The third kappa shape index (κ3) is 6.38. The van der Waals surface area contributed by atoms with Crippen molar-refractivity contribution >= 4 is 23.4 Å². The van der Waals surface area contributed by atoms with E-state index in [9.17, 15) is 4.79 Å². The van der Waals surface area contributed by atoms with Gasteiger partial charge in [0.2, 0.25) is 5.91 Å². The molecular formula is C17H25NO3S. The lowest BCUT2D eigenvalue weighted by Gasteiger charge is -2.21. The molecule has 0 aliphatic carbocycles. The molecule has 2 rings (SSSR count). The summed E-state index contributed by atoms with van der Waals surface area (Å²) in [5.41, 5.74) is 0.862. The smallest absolute Gasteiger partial charge is 0.224 e. The highest BCUT2D eigenvalue weighted by atomic mass is 32.2. The van der Waals surface area contributed by atoms with Gasteiger partial charge in [0.25, 0.3) is 0 Å². The number of ether oxygens (including phenoxy) is 2. The standard InChI is InChI=1S/C17H25NO3S/c1-20-11-12-22-16-7-5-15(6-8-16)18-17(19)9-4-14-3-2-10-21-13-14/h5-8,14H,2-4,9-13H2,1H3,(H,18,19). The number of nitrogens with one attached hydrogen (secondary N) is 1. The molecule has 0 saturated carbocycles. The van der Waals surface area contributed by atoms with Gasteiger partial charge in [-0.15, -0.1) is 11.8 Å². The first-order valence-corrected chi connectivity index (χ1v) is 8.86. The molecule has 1 atom stereocenters. The van der Waals surface area contributed by atoms with Gasteiger partial charge in [-0.25, -0.2) is 0 Å². The van der Waals surface area contributed by atoms with Gasteiger partial charge in [-0.3, -0.25) is 4.79 Å². The van der Waals surface area contributed by atoms with Crippen molar-refractivity contribution in [2.24, 2.45) is 5.92 Å². The van der Waals surface area contributed by atoms with Crippen LogP contribution < -0.4 is 5.32 Å². The predicted molar refractivity (Wildman–Crippen MR) is 90.4 cm³/mol. The number of rotatable bonds is 8. The van der Waals surface area contributed by atoms with Crippen molar-refractivity contribution in [1.29, 1.82) is 0 Å². The van der Waals surface area contributed by atoms with Gasteiger partial charge in [0, 0.05) is 43.1 Å². The summed E-state index contributed by atoms with van der Waals surface area (Å²) in [4.78, 5) is 13.2. The molecule has 1 aromatic rings. The van der Waals surface area contributed by atoms with Gasteiger partial charge in [0.05, 0.1) is 6.61 Å². The van der Waals surface area contributed by atoms with Crippen LogP contribution in [0.25, 0.3) is 0 Å². The molecule has 1 N–H and O–H groups in total. The number of hydrogen-bond acceptors (Lipinski definition) is 4. The van der Waals surface area contributed by atoms with Crippen molar-refractivity contribution in [2.45, 2.75) is 30.6 Å². The third-order valence-electron chi connectivity index (χ3n) is 3.73. The summed E-state index contributed by atoms with van der Waals surface area (Å²) in [6.07, 6.45) is 3.78. The quantitative estimate of drug-likeness (QED) is 0.587. The van der Waals surface area contributed by atoms with Crippen LogP contribution in [0.1, 0.15) is 25.7 Å². The fraction of sp³-hybridized carbons (Fsp3) is 0.588. The molecule has 1 aliphatic heterocycles. The molecule has 4 nitrogen and oxygen atoms in total. The van der Waals surface area contributed by atoms with Gasteiger partial charge >= 0.3 is 0 Å². The van der Waals surface area contributed by atoms with E-state index in [2.05, 4.69) is 5.32 Å². The summed E-state index contributed by atoms with van der Waals surface area (Å²) in [5.74, 6) is 1.57. The normalized spacial score (nSPS) is 18.1. The van der Waals surface area contributed by atoms with E-state index < -0.39 is 0 Å². The number of amides is 1. The van der Waals surface area contributed by atoms with Gasteiger partial charge in [0.15, 0.2) is 0 Å². The molecule has 5 heteroatoms. The van der Waals surface area contributed by atoms with E-state index >= 15 is 0 Å². The molecule has 1 saturated heterocycles. The molecule has 1 fully saturated rings. The molecular weight excluding hydrogens is 298 g/mol. The minimum absolute atomic E-state index is 0.0883. The van der Waals surface area contributed by atoms with Crippen molar-refractivity contribution in [3.8, 4) is 0 Å². The Hall–Kier alpha value is -1.04. The minimum Gasteiger partial charge on any atom is -0.384 e. The lowest BCUT2D eigenvalue weighted by Crippen LogP contribution is -2.20. The van der Waals surface area contributed by atoms with E-state index in [0.29, 0.717) is 12.3 Å². The first kappa shape index (κ1) is 17.3. The van der Waals surface area contributed by atoms with Gasteiger partial charge in [-0.05, 0) is 49.4 Å². The van der Waals surface area contributed by atoms with Crippen LogP contribution in [0.5, 0.6) is 0 Å². The number of carbonyl (C=O) groups excluding carboxylic acids is 1. The Labute approximate surface area is 137 Å². The van der Waals surface area contributed by atoms with Crippen LogP contribution in [-0.4, -0.2) is 38.6 Å². The molecule has 0 spiro atoms. The van der Waals surface area contributed by atoms with Crippen LogP contribution >= 0.6 is 11.8 Å². The van der Waals surface area contributed by atoms with Crippen molar-refractivity contribution in [2.75, 3.05) is 38.0 Å². The third-order valence-corrected chi connectivity index (χ3v) is 4.70. The summed E-state index contributed by atoms with van der Waals surface area (Å²) in [6, 6.07) is 7.98. The highest BCUT2D eigenvalue weighted by Gasteiger charge is 2.15. The maximum Gasteiger partial charge on any atom is 0.224 e. The molecule has 1 unspecified atom stereocenters. The molecule has 1 aromatic carbocycles. The molecule has 122 valence electrons. The van der Waals surface area contributed by atoms with Gasteiger partial charge < -0.3 is 14.8 Å². The lowest BCUT2D eigenvalue weighted by atomic mass is 9.97. The Bertz CT molecular complexity index is 444. The number of anilines is 1. The molecule has 1 heterocycles. The van der Waals surface area contributed by atoms with E-state index in [0.717, 1.165) is 44.1 Å². The number of hydrogen-bond donors (Lipinski definition) is 1. The number of benzene rings is 1. The van der Waals surface area contributed by atoms with Crippen molar-refractivity contribution < 1.29 is 14.3 Å². The Kier molecular flexibility index (Phi) is 7.77. The Morgan fingerprint density at radius 2 is 2.23 bits per heavy atom. The van der Waals surface area contributed by atoms with Crippen molar-refractivity contribution in [3.63, 3.8) is 0 Å². The van der Waals surface area contributed by atoms with Crippen LogP contribution in [-0.2, 0) is 14.3 Å². The number of methoxy groups -OCH3 is 1. The van der Waals surface area contributed by atoms with E-state index in [4.69, 9.17) is 9.47 Å². The second-order valence-corrected chi connectivity index (χ2v) is 6.70. The Morgan fingerprint density at radius 1 is 1.41 bits per heavy atom. The SMILES string of the molecule is COCCSc1ccc(NC(=O)CCC2CCCOC2)cc1. The number of thioether (sulfide) groups is 1. The molecule has 0 radical (unpaired) electrons. The van der Waals surface area contributed by atoms with E-state index in [1.165, 1.54) is 11.3 Å². The summed E-state index contributed by atoms with van der Waals surface area (Å²) in [6.45, 7) is 2.42. The Balaban J connectivity index is 1.69. The maximum atomic E-state index is 12.0. The predicted octanol–water partition coefficient (Wildman–Crippen LogP) is 3.57. The van der Waals surface area contributed by atoms with E-state index in [1.54, 1.807) is 18.9 Å². The molecule has 0 bridgehead atoms. The van der Waals surface area contributed by atoms with Crippen LogP contribution in [0.4, 0.5) is 5.69 Å². The van der Waals surface area contributed by atoms with Crippen LogP contribution in [0, 0.1) is 5.92 Å². The lowest BCUT2D eigenvalue weighted by molar-refractivity contribution is -0.116. The summed E-state index contributed by atoms with van der Waals surface area (Å²) in [7, 11) is 1.71. The fourth-order valence-corrected chi connectivity index (χ4v) is 3.29. The number of carbonyl (C=O) groups is 1. The van der Waals surface area contributed by atoms with Crippen LogP contribution in [0.15, 0.2) is 29.2 Å². The van der Waals surface area contributed by atoms with Gasteiger partial charge in [0.1, 0.15) is 0 Å².